The monoisotopic (exact) mass is 323 g/mol. The lowest BCUT2D eigenvalue weighted by molar-refractivity contribution is 0.0989. The Hall–Kier alpha value is -1.75. The Morgan fingerprint density at radius 1 is 1.37 bits per heavy atom. The molecule has 0 radical (unpaired) electrons. The molecular formula is C14H11BrFNO2. The molecule has 0 spiro atoms. The average molecular weight is 324 g/mol. The van der Waals surface area contributed by atoms with Crippen LogP contribution < -0.4 is 4.74 Å². The number of rotatable bonds is 4. The van der Waals surface area contributed by atoms with Crippen LogP contribution in [0.2, 0.25) is 0 Å². The molecule has 0 fully saturated rings. The predicted octanol–water partition coefficient (Wildman–Crippen LogP) is 3.42. The molecule has 2 rings (SSSR count). The highest BCUT2D eigenvalue weighted by molar-refractivity contribution is 9.10. The van der Waals surface area contributed by atoms with E-state index in [1.54, 1.807) is 24.5 Å². The number of hydrogen-bond donors (Lipinski definition) is 0. The third kappa shape index (κ3) is 3.38. The summed E-state index contributed by atoms with van der Waals surface area (Å²) in [6.45, 7) is 0. The molecule has 3 nitrogen and oxygen atoms in total. The number of aromatic nitrogens is 1. The molecule has 0 saturated carbocycles. The normalized spacial score (nSPS) is 10.3. The van der Waals surface area contributed by atoms with Crippen LogP contribution in [-0.2, 0) is 6.42 Å². The van der Waals surface area contributed by atoms with Crippen LogP contribution in [0.3, 0.4) is 0 Å². The van der Waals surface area contributed by atoms with Crippen molar-refractivity contribution in [3.05, 3.63) is 58.1 Å². The van der Waals surface area contributed by atoms with E-state index in [0.29, 0.717) is 5.75 Å². The first kappa shape index (κ1) is 13.7. The van der Waals surface area contributed by atoms with Crippen LogP contribution in [0.15, 0.2) is 41.1 Å². The van der Waals surface area contributed by atoms with Crippen LogP contribution in [0.25, 0.3) is 0 Å². The zero-order valence-electron chi connectivity index (χ0n) is 10.2. The van der Waals surface area contributed by atoms with Gasteiger partial charge in [-0.1, -0.05) is 0 Å². The van der Waals surface area contributed by atoms with Crippen molar-refractivity contribution in [1.82, 2.24) is 4.98 Å². The number of methoxy groups -OCH3 is 1. The minimum atomic E-state index is -0.577. The summed E-state index contributed by atoms with van der Waals surface area (Å²) in [5, 5.41) is 0. The van der Waals surface area contributed by atoms with Crippen molar-refractivity contribution in [2.24, 2.45) is 0 Å². The lowest BCUT2D eigenvalue weighted by Crippen LogP contribution is -2.06. The van der Waals surface area contributed by atoms with Gasteiger partial charge in [-0.25, -0.2) is 4.39 Å². The Morgan fingerprint density at radius 3 is 2.79 bits per heavy atom. The Kier molecular flexibility index (Phi) is 4.27. The van der Waals surface area contributed by atoms with Crippen molar-refractivity contribution in [2.45, 2.75) is 6.42 Å². The van der Waals surface area contributed by atoms with E-state index < -0.39 is 5.82 Å². The van der Waals surface area contributed by atoms with Gasteiger partial charge in [0.05, 0.1) is 12.7 Å². The van der Waals surface area contributed by atoms with Gasteiger partial charge in [-0.2, -0.15) is 0 Å². The second-order valence-corrected chi connectivity index (χ2v) is 4.87. The fourth-order valence-electron chi connectivity index (χ4n) is 1.68. The number of ketones is 1. The second-order valence-electron chi connectivity index (χ2n) is 3.96. The van der Waals surface area contributed by atoms with E-state index >= 15 is 0 Å². The number of hydrogen-bond acceptors (Lipinski definition) is 3. The number of carbonyl (C=O) groups excluding carboxylic acids is 1. The van der Waals surface area contributed by atoms with Crippen LogP contribution in [0.5, 0.6) is 5.75 Å². The zero-order valence-corrected chi connectivity index (χ0v) is 11.8. The number of ether oxygens (including phenoxy) is 1. The number of pyridine rings is 1. The molecular weight excluding hydrogens is 313 g/mol. The molecule has 0 saturated heterocycles. The van der Waals surface area contributed by atoms with Gasteiger partial charge in [0, 0.05) is 29.4 Å². The van der Waals surface area contributed by atoms with Gasteiger partial charge in [-0.3, -0.25) is 9.78 Å². The molecule has 1 aromatic carbocycles. The number of carbonyl (C=O) groups is 1. The Balaban J connectivity index is 2.20. The second kappa shape index (κ2) is 5.93. The number of nitrogens with zero attached hydrogens (tertiary/aromatic N) is 1. The van der Waals surface area contributed by atoms with Crippen molar-refractivity contribution in [1.29, 1.82) is 0 Å². The topological polar surface area (TPSA) is 39.2 Å². The maximum atomic E-state index is 13.7. The molecule has 2 aromatic rings. The predicted molar refractivity (Wildman–Crippen MR) is 72.9 cm³/mol. The first-order valence-electron chi connectivity index (χ1n) is 5.56. The Bertz CT molecular complexity index is 616. The fourth-order valence-corrected chi connectivity index (χ4v) is 2.09. The van der Waals surface area contributed by atoms with Crippen molar-refractivity contribution < 1.29 is 13.9 Å². The summed E-state index contributed by atoms with van der Waals surface area (Å²) in [6.07, 6.45) is 3.32. The van der Waals surface area contributed by atoms with Crippen molar-refractivity contribution >= 4 is 21.7 Å². The molecule has 0 aliphatic heterocycles. The summed E-state index contributed by atoms with van der Waals surface area (Å²) < 4.78 is 19.4. The molecule has 19 heavy (non-hydrogen) atoms. The van der Waals surface area contributed by atoms with Crippen molar-refractivity contribution in [3.63, 3.8) is 0 Å². The largest absolute Gasteiger partial charge is 0.497 e. The number of Topliss-reactive ketones (excluding diaryl/α,β-unsaturated/α-hetero) is 1. The first-order chi connectivity index (χ1) is 9.10. The molecule has 0 aliphatic rings. The number of halogens is 2. The molecule has 0 N–H and O–H groups in total. The quantitative estimate of drug-likeness (QED) is 0.809. The minimum Gasteiger partial charge on any atom is -0.497 e. The lowest BCUT2D eigenvalue weighted by Gasteiger charge is -2.05. The fraction of sp³-hybridized carbons (Fsp3) is 0.143. The van der Waals surface area contributed by atoms with E-state index in [2.05, 4.69) is 20.9 Å². The van der Waals surface area contributed by atoms with Gasteiger partial charge in [0.1, 0.15) is 11.6 Å². The van der Waals surface area contributed by atoms with E-state index in [1.807, 2.05) is 0 Å². The molecule has 0 unspecified atom stereocenters. The summed E-state index contributed by atoms with van der Waals surface area (Å²) in [6, 6.07) is 5.98. The summed E-state index contributed by atoms with van der Waals surface area (Å²) >= 11 is 3.28. The highest BCUT2D eigenvalue weighted by Crippen LogP contribution is 2.18. The maximum Gasteiger partial charge on any atom is 0.170 e. The Morgan fingerprint density at radius 2 is 2.16 bits per heavy atom. The summed E-state index contributed by atoms with van der Waals surface area (Å²) in [5.74, 6) is -0.481. The minimum absolute atomic E-state index is 0.0563. The summed E-state index contributed by atoms with van der Waals surface area (Å²) in [5.41, 5.74) is 0.787. The highest BCUT2D eigenvalue weighted by Gasteiger charge is 2.13. The van der Waals surface area contributed by atoms with Gasteiger partial charge in [-0.15, -0.1) is 0 Å². The molecule has 0 atom stereocenters. The SMILES string of the molecule is COc1ccc(C(=O)Cc2cncc(Br)c2)c(F)c1. The van der Waals surface area contributed by atoms with Gasteiger partial charge >= 0.3 is 0 Å². The maximum absolute atomic E-state index is 13.7. The van der Waals surface area contributed by atoms with Gasteiger partial charge in [0.25, 0.3) is 0 Å². The molecule has 0 aliphatic carbocycles. The number of benzene rings is 1. The van der Waals surface area contributed by atoms with Crippen LogP contribution in [0.4, 0.5) is 4.39 Å². The van der Waals surface area contributed by atoms with E-state index in [4.69, 9.17) is 4.74 Å². The van der Waals surface area contributed by atoms with Gasteiger partial charge in [0.15, 0.2) is 5.78 Å². The molecule has 5 heteroatoms. The third-order valence-electron chi connectivity index (χ3n) is 2.60. The zero-order chi connectivity index (χ0) is 13.8. The van der Waals surface area contributed by atoms with Gasteiger partial charge < -0.3 is 4.74 Å². The molecule has 98 valence electrons. The smallest absolute Gasteiger partial charge is 0.170 e. The van der Waals surface area contributed by atoms with E-state index in [-0.39, 0.29) is 17.8 Å². The van der Waals surface area contributed by atoms with Gasteiger partial charge in [-0.05, 0) is 39.7 Å². The molecule has 1 aromatic heterocycles. The third-order valence-corrected chi connectivity index (χ3v) is 3.04. The Labute approximate surface area is 118 Å². The molecule has 0 amide bonds. The van der Waals surface area contributed by atoms with Crippen LogP contribution in [0.1, 0.15) is 15.9 Å². The average Bonchev–Trinajstić information content (AvgIpc) is 2.38. The van der Waals surface area contributed by atoms with Crippen molar-refractivity contribution in [2.75, 3.05) is 7.11 Å². The lowest BCUT2D eigenvalue weighted by atomic mass is 10.0. The van der Waals surface area contributed by atoms with Crippen molar-refractivity contribution in [3.8, 4) is 5.75 Å². The summed E-state index contributed by atoms with van der Waals surface area (Å²) in [4.78, 5) is 16.0. The van der Waals surface area contributed by atoms with Crippen LogP contribution >= 0.6 is 15.9 Å². The van der Waals surface area contributed by atoms with E-state index in [9.17, 15) is 9.18 Å². The van der Waals surface area contributed by atoms with Crippen LogP contribution in [-0.4, -0.2) is 17.9 Å². The van der Waals surface area contributed by atoms with E-state index in [0.717, 1.165) is 10.0 Å². The first-order valence-corrected chi connectivity index (χ1v) is 6.35. The van der Waals surface area contributed by atoms with E-state index in [1.165, 1.54) is 19.2 Å². The van der Waals surface area contributed by atoms with Gasteiger partial charge in [0.2, 0.25) is 0 Å². The summed E-state index contributed by atoms with van der Waals surface area (Å²) in [7, 11) is 1.45. The highest BCUT2D eigenvalue weighted by atomic mass is 79.9. The molecule has 1 heterocycles. The molecule has 0 bridgehead atoms. The van der Waals surface area contributed by atoms with Crippen LogP contribution in [0, 0.1) is 5.82 Å². The standard InChI is InChI=1S/C14H11BrFNO2/c1-19-11-2-3-12(13(16)6-11)14(18)5-9-4-10(15)8-17-7-9/h2-4,6-8H,5H2,1H3.